The van der Waals surface area contributed by atoms with E-state index in [1.165, 1.54) is 6.20 Å². The van der Waals surface area contributed by atoms with Crippen LogP contribution in [0.2, 0.25) is 0 Å². The lowest BCUT2D eigenvalue weighted by atomic mass is 9.81. The SMILES string of the molecule is OCCCc1ccc(B(O)O)cn1. The van der Waals surface area contributed by atoms with Gasteiger partial charge in [0, 0.05) is 24.0 Å². The van der Waals surface area contributed by atoms with Crippen molar-refractivity contribution in [1.82, 2.24) is 4.98 Å². The molecule has 0 amide bonds. The molecule has 1 rings (SSSR count). The van der Waals surface area contributed by atoms with E-state index >= 15 is 0 Å². The highest BCUT2D eigenvalue weighted by Gasteiger charge is 2.10. The Labute approximate surface area is 77.0 Å². The van der Waals surface area contributed by atoms with Crippen molar-refractivity contribution in [2.45, 2.75) is 12.8 Å². The molecule has 1 aromatic rings. The van der Waals surface area contributed by atoms with Crippen LogP contribution in [-0.2, 0) is 6.42 Å². The van der Waals surface area contributed by atoms with Crippen LogP contribution in [0, 0.1) is 0 Å². The maximum absolute atomic E-state index is 8.77. The van der Waals surface area contributed by atoms with Gasteiger partial charge in [0.2, 0.25) is 0 Å². The third kappa shape index (κ3) is 3.14. The van der Waals surface area contributed by atoms with Gasteiger partial charge in [0.1, 0.15) is 0 Å². The zero-order chi connectivity index (χ0) is 9.68. The first-order valence-corrected chi connectivity index (χ1v) is 4.16. The number of rotatable bonds is 4. The number of hydrogen-bond donors (Lipinski definition) is 3. The number of pyridine rings is 1. The summed E-state index contributed by atoms with van der Waals surface area (Å²) in [4.78, 5) is 4.01. The Morgan fingerprint density at radius 1 is 1.31 bits per heavy atom. The van der Waals surface area contributed by atoms with Crippen molar-refractivity contribution in [3.8, 4) is 0 Å². The van der Waals surface area contributed by atoms with Crippen LogP contribution in [0.5, 0.6) is 0 Å². The first-order valence-electron chi connectivity index (χ1n) is 4.16. The van der Waals surface area contributed by atoms with Crippen LogP contribution >= 0.6 is 0 Å². The first kappa shape index (κ1) is 10.2. The van der Waals surface area contributed by atoms with Gasteiger partial charge in [-0.1, -0.05) is 6.07 Å². The Kier molecular flexibility index (Phi) is 3.88. The summed E-state index contributed by atoms with van der Waals surface area (Å²) in [5.74, 6) is 0. The third-order valence-electron chi connectivity index (χ3n) is 1.74. The molecule has 0 fully saturated rings. The Morgan fingerprint density at radius 3 is 2.54 bits per heavy atom. The first-order chi connectivity index (χ1) is 6.24. The molecule has 0 aliphatic carbocycles. The molecule has 0 radical (unpaired) electrons. The molecule has 0 unspecified atom stereocenters. The minimum Gasteiger partial charge on any atom is -0.423 e. The molecule has 70 valence electrons. The predicted molar refractivity (Wildman–Crippen MR) is 49.5 cm³/mol. The summed E-state index contributed by atoms with van der Waals surface area (Å²) in [6, 6.07) is 3.34. The van der Waals surface area contributed by atoms with Crippen molar-refractivity contribution < 1.29 is 15.2 Å². The summed E-state index contributed by atoms with van der Waals surface area (Å²) in [5.41, 5.74) is 1.23. The molecule has 0 spiro atoms. The van der Waals surface area contributed by atoms with Crippen molar-refractivity contribution in [1.29, 1.82) is 0 Å². The molecule has 0 saturated carbocycles. The summed E-state index contributed by atoms with van der Waals surface area (Å²) < 4.78 is 0. The minimum absolute atomic E-state index is 0.145. The molecular weight excluding hydrogens is 169 g/mol. The van der Waals surface area contributed by atoms with E-state index < -0.39 is 7.12 Å². The van der Waals surface area contributed by atoms with Gasteiger partial charge in [-0.2, -0.15) is 0 Å². The standard InChI is InChI=1S/C8H12BNO3/c11-5-1-2-8-4-3-7(6-10-8)9(12)13/h3-4,6,11-13H,1-2,5H2. The minimum atomic E-state index is -1.46. The molecule has 0 bridgehead atoms. The van der Waals surface area contributed by atoms with Gasteiger partial charge in [-0.3, -0.25) is 4.98 Å². The van der Waals surface area contributed by atoms with Crippen LogP contribution in [0.3, 0.4) is 0 Å². The van der Waals surface area contributed by atoms with Gasteiger partial charge in [0.05, 0.1) is 0 Å². The highest BCUT2D eigenvalue weighted by atomic mass is 16.4. The van der Waals surface area contributed by atoms with E-state index in [2.05, 4.69) is 4.98 Å². The van der Waals surface area contributed by atoms with Crippen LogP contribution in [0.4, 0.5) is 0 Å². The second kappa shape index (κ2) is 4.96. The predicted octanol–water partition coefficient (Wildman–Crippen LogP) is -1.31. The molecule has 5 heteroatoms. The van der Waals surface area contributed by atoms with Crippen molar-refractivity contribution in [2.75, 3.05) is 6.61 Å². The number of aliphatic hydroxyl groups excluding tert-OH is 1. The molecule has 0 aromatic carbocycles. The van der Waals surface area contributed by atoms with Crippen LogP contribution in [0.1, 0.15) is 12.1 Å². The van der Waals surface area contributed by atoms with E-state index in [4.69, 9.17) is 15.2 Å². The van der Waals surface area contributed by atoms with Gasteiger partial charge >= 0.3 is 7.12 Å². The van der Waals surface area contributed by atoms with Gasteiger partial charge in [-0.25, -0.2) is 0 Å². The van der Waals surface area contributed by atoms with E-state index in [1.54, 1.807) is 12.1 Å². The van der Waals surface area contributed by atoms with E-state index in [0.29, 0.717) is 18.3 Å². The number of aromatic nitrogens is 1. The molecule has 0 aliphatic heterocycles. The van der Waals surface area contributed by atoms with E-state index in [9.17, 15) is 0 Å². The zero-order valence-corrected chi connectivity index (χ0v) is 7.22. The van der Waals surface area contributed by atoms with Crippen molar-refractivity contribution >= 4 is 12.6 Å². The van der Waals surface area contributed by atoms with Gasteiger partial charge in [0.15, 0.2) is 0 Å². The average molecular weight is 181 g/mol. The second-order valence-corrected chi connectivity index (χ2v) is 2.78. The summed E-state index contributed by atoms with van der Waals surface area (Å²) in [6.07, 6.45) is 2.81. The van der Waals surface area contributed by atoms with E-state index in [0.717, 1.165) is 5.69 Å². The fourth-order valence-corrected chi connectivity index (χ4v) is 0.997. The third-order valence-corrected chi connectivity index (χ3v) is 1.74. The molecule has 0 atom stereocenters. The van der Waals surface area contributed by atoms with E-state index in [1.807, 2.05) is 0 Å². The summed E-state index contributed by atoms with van der Waals surface area (Å²) >= 11 is 0. The molecule has 13 heavy (non-hydrogen) atoms. The lowest BCUT2D eigenvalue weighted by molar-refractivity contribution is 0.288. The molecule has 3 N–H and O–H groups in total. The Bertz CT molecular complexity index is 250. The van der Waals surface area contributed by atoms with Crippen LogP contribution in [0.25, 0.3) is 0 Å². The fraction of sp³-hybridized carbons (Fsp3) is 0.375. The number of nitrogens with zero attached hydrogens (tertiary/aromatic N) is 1. The Balaban J connectivity index is 2.59. The van der Waals surface area contributed by atoms with Crippen molar-refractivity contribution in [3.05, 3.63) is 24.0 Å². The normalized spacial score (nSPS) is 10.1. The summed E-state index contributed by atoms with van der Waals surface area (Å²) in [5, 5.41) is 26.1. The quantitative estimate of drug-likeness (QED) is 0.504. The van der Waals surface area contributed by atoms with Crippen LogP contribution in [0.15, 0.2) is 18.3 Å². The highest BCUT2D eigenvalue weighted by Crippen LogP contribution is 1.96. The van der Waals surface area contributed by atoms with Gasteiger partial charge in [0.25, 0.3) is 0 Å². The second-order valence-electron chi connectivity index (χ2n) is 2.78. The topological polar surface area (TPSA) is 73.6 Å². The van der Waals surface area contributed by atoms with Crippen molar-refractivity contribution in [2.24, 2.45) is 0 Å². The van der Waals surface area contributed by atoms with Crippen molar-refractivity contribution in [3.63, 3.8) is 0 Å². The van der Waals surface area contributed by atoms with Gasteiger partial charge in [-0.15, -0.1) is 0 Å². The fourth-order valence-electron chi connectivity index (χ4n) is 0.997. The van der Waals surface area contributed by atoms with E-state index in [-0.39, 0.29) is 6.61 Å². The lowest BCUT2D eigenvalue weighted by Crippen LogP contribution is -2.30. The molecule has 1 aromatic heterocycles. The molecule has 4 nitrogen and oxygen atoms in total. The van der Waals surface area contributed by atoms with Crippen LogP contribution < -0.4 is 5.46 Å². The maximum atomic E-state index is 8.77. The lowest BCUT2D eigenvalue weighted by Gasteiger charge is -2.01. The Hall–Kier alpha value is -0.905. The molecule has 0 aliphatic rings. The summed E-state index contributed by atoms with van der Waals surface area (Å²) in [6.45, 7) is 0.145. The van der Waals surface area contributed by atoms with Crippen LogP contribution in [-0.4, -0.2) is 33.9 Å². The molecular formula is C8H12BNO3. The smallest absolute Gasteiger partial charge is 0.423 e. The largest absolute Gasteiger partial charge is 0.490 e. The number of aliphatic hydroxyl groups is 1. The molecule has 0 saturated heterocycles. The Morgan fingerprint density at radius 2 is 2.08 bits per heavy atom. The monoisotopic (exact) mass is 181 g/mol. The molecule has 1 heterocycles. The highest BCUT2D eigenvalue weighted by molar-refractivity contribution is 6.58. The van der Waals surface area contributed by atoms with Gasteiger partial charge < -0.3 is 15.2 Å². The zero-order valence-electron chi connectivity index (χ0n) is 7.22. The number of aryl methyl sites for hydroxylation is 1. The number of hydrogen-bond acceptors (Lipinski definition) is 4. The summed E-state index contributed by atoms with van der Waals surface area (Å²) in [7, 11) is -1.46. The van der Waals surface area contributed by atoms with Gasteiger partial charge in [-0.05, 0) is 18.9 Å². The maximum Gasteiger partial charge on any atom is 0.490 e. The average Bonchev–Trinajstić information content (AvgIpc) is 2.15.